The number of amides is 1. The molecule has 1 fully saturated rings. The summed E-state index contributed by atoms with van der Waals surface area (Å²) >= 11 is 6.06. The number of guanidine groups is 1. The fourth-order valence-corrected chi connectivity index (χ4v) is 3.09. The Labute approximate surface area is 206 Å². The van der Waals surface area contributed by atoms with Gasteiger partial charge >= 0.3 is 0 Å². The average molecular weight is 557 g/mol. The number of carbonyl (C=O) groups excluding carboxylic acids is 1. The highest BCUT2D eigenvalue weighted by atomic mass is 127. The van der Waals surface area contributed by atoms with E-state index in [0.717, 1.165) is 24.5 Å². The Balaban J connectivity index is 0.00000341. The lowest BCUT2D eigenvalue weighted by atomic mass is 10.2. The molecule has 1 aliphatic rings. The minimum absolute atomic E-state index is 0. The second-order valence-electron chi connectivity index (χ2n) is 7.22. The summed E-state index contributed by atoms with van der Waals surface area (Å²) in [6.45, 7) is 5.06. The molecule has 0 bridgehead atoms. The molecule has 31 heavy (non-hydrogen) atoms. The quantitative estimate of drug-likeness (QED) is 0.177. The molecule has 1 aliphatic carbocycles. The number of aliphatic imine (C=N–C) groups is 1. The molecule has 168 valence electrons. The van der Waals surface area contributed by atoms with E-state index in [4.69, 9.17) is 16.3 Å². The van der Waals surface area contributed by atoms with Crippen molar-refractivity contribution in [1.29, 1.82) is 0 Å². The summed E-state index contributed by atoms with van der Waals surface area (Å²) in [4.78, 5) is 16.9. The van der Waals surface area contributed by atoms with Gasteiger partial charge in [0.15, 0.2) is 5.96 Å². The topological polar surface area (TPSA) is 74.8 Å². The van der Waals surface area contributed by atoms with E-state index < -0.39 is 0 Å². The maximum absolute atomic E-state index is 12.2. The fourth-order valence-electron chi connectivity index (χ4n) is 2.87. The molecule has 8 heteroatoms. The third-order valence-corrected chi connectivity index (χ3v) is 5.05. The largest absolute Gasteiger partial charge is 0.493 e. The Morgan fingerprint density at radius 2 is 1.77 bits per heavy atom. The van der Waals surface area contributed by atoms with Crippen molar-refractivity contribution in [3.63, 3.8) is 0 Å². The van der Waals surface area contributed by atoms with Crippen LogP contribution in [0.2, 0.25) is 5.02 Å². The lowest BCUT2D eigenvalue weighted by molar-refractivity contribution is 0.0954. The number of para-hydroxylation sites is 1. The number of hydrogen-bond acceptors (Lipinski definition) is 3. The van der Waals surface area contributed by atoms with Gasteiger partial charge in [0.2, 0.25) is 0 Å². The highest BCUT2D eigenvalue weighted by Gasteiger charge is 2.22. The van der Waals surface area contributed by atoms with E-state index in [1.807, 2.05) is 31.2 Å². The Hall–Kier alpha value is -2.00. The molecule has 0 saturated heterocycles. The normalized spacial score (nSPS) is 13.2. The van der Waals surface area contributed by atoms with Gasteiger partial charge < -0.3 is 20.7 Å². The van der Waals surface area contributed by atoms with Gasteiger partial charge in [-0.2, -0.15) is 0 Å². The number of nitrogens with one attached hydrogen (secondary N) is 3. The van der Waals surface area contributed by atoms with Crippen molar-refractivity contribution in [2.75, 3.05) is 26.2 Å². The molecule has 0 unspecified atom stereocenters. The van der Waals surface area contributed by atoms with Crippen molar-refractivity contribution >= 4 is 47.4 Å². The molecule has 0 aliphatic heterocycles. The summed E-state index contributed by atoms with van der Waals surface area (Å²) in [6.07, 6.45) is 2.53. The number of rotatable bonds is 10. The van der Waals surface area contributed by atoms with Crippen LogP contribution in [-0.2, 0) is 6.54 Å². The van der Waals surface area contributed by atoms with Gasteiger partial charge in [-0.15, -0.1) is 24.0 Å². The van der Waals surface area contributed by atoms with E-state index in [9.17, 15) is 4.79 Å². The first-order chi connectivity index (χ1) is 14.7. The van der Waals surface area contributed by atoms with Crippen molar-refractivity contribution < 1.29 is 9.53 Å². The molecule has 3 rings (SSSR count). The maximum Gasteiger partial charge on any atom is 0.252 e. The van der Waals surface area contributed by atoms with Crippen LogP contribution in [0.3, 0.4) is 0 Å². The summed E-state index contributed by atoms with van der Waals surface area (Å²) in [5.41, 5.74) is 1.53. The molecular weight excluding hydrogens is 527 g/mol. The number of nitrogens with zero attached hydrogens (tertiary/aromatic N) is 1. The van der Waals surface area contributed by atoms with E-state index in [1.54, 1.807) is 24.3 Å². The smallest absolute Gasteiger partial charge is 0.252 e. The van der Waals surface area contributed by atoms with E-state index in [-0.39, 0.29) is 29.9 Å². The van der Waals surface area contributed by atoms with Crippen LogP contribution in [-0.4, -0.2) is 38.1 Å². The van der Waals surface area contributed by atoms with Crippen molar-refractivity contribution in [3.05, 3.63) is 64.7 Å². The van der Waals surface area contributed by atoms with Crippen LogP contribution in [0.5, 0.6) is 5.75 Å². The van der Waals surface area contributed by atoms with Crippen LogP contribution in [0, 0.1) is 5.92 Å². The third kappa shape index (κ3) is 8.57. The van der Waals surface area contributed by atoms with Crippen LogP contribution < -0.4 is 20.7 Å². The van der Waals surface area contributed by atoms with Crippen molar-refractivity contribution in [2.24, 2.45) is 10.9 Å². The van der Waals surface area contributed by atoms with Crippen molar-refractivity contribution in [2.45, 2.75) is 26.3 Å². The number of halogens is 2. The SMILES string of the molecule is CCNC(=NCc1ccccc1OCC1CC1)NCCNC(=O)c1ccccc1Cl.I. The Kier molecular flexibility index (Phi) is 10.9. The van der Waals surface area contributed by atoms with Gasteiger partial charge in [0.25, 0.3) is 5.91 Å². The number of carbonyl (C=O) groups is 1. The molecule has 3 N–H and O–H groups in total. The van der Waals surface area contributed by atoms with Crippen LogP contribution in [0.4, 0.5) is 0 Å². The first-order valence-electron chi connectivity index (χ1n) is 10.4. The first-order valence-corrected chi connectivity index (χ1v) is 10.8. The molecule has 0 aromatic heterocycles. The monoisotopic (exact) mass is 556 g/mol. The minimum Gasteiger partial charge on any atom is -0.493 e. The van der Waals surface area contributed by atoms with E-state index in [1.165, 1.54) is 12.8 Å². The lowest BCUT2D eigenvalue weighted by Crippen LogP contribution is -2.41. The molecule has 0 heterocycles. The summed E-state index contributed by atoms with van der Waals surface area (Å²) in [5.74, 6) is 2.12. The number of hydrogen-bond donors (Lipinski definition) is 3. The summed E-state index contributed by atoms with van der Waals surface area (Å²) in [5, 5.41) is 9.78. The zero-order valence-electron chi connectivity index (χ0n) is 17.7. The number of benzene rings is 2. The maximum atomic E-state index is 12.2. The lowest BCUT2D eigenvalue weighted by Gasteiger charge is -2.13. The summed E-state index contributed by atoms with van der Waals surface area (Å²) in [7, 11) is 0. The minimum atomic E-state index is -0.189. The number of ether oxygens (including phenoxy) is 1. The Morgan fingerprint density at radius 3 is 2.52 bits per heavy atom. The fraction of sp³-hybridized carbons (Fsp3) is 0.391. The molecule has 2 aromatic rings. The molecule has 1 amide bonds. The average Bonchev–Trinajstić information content (AvgIpc) is 3.58. The zero-order chi connectivity index (χ0) is 21.2. The Morgan fingerprint density at radius 1 is 1.06 bits per heavy atom. The van der Waals surface area contributed by atoms with E-state index in [0.29, 0.717) is 42.1 Å². The Bertz CT molecular complexity index is 874. The van der Waals surface area contributed by atoms with Gasteiger partial charge in [0.1, 0.15) is 5.75 Å². The standard InChI is InChI=1S/C23H29ClN4O2.HI/c1-2-25-23(27-14-13-26-22(29)19-8-4-5-9-20(19)24)28-15-18-7-3-6-10-21(18)30-16-17-11-12-17;/h3-10,17H,2,11-16H2,1H3,(H,26,29)(H2,25,27,28);1H. The van der Waals surface area contributed by atoms with Gasteiger partial charge in [0.05, 0.1) is 23.7 Å². The van der Waals surface area contributed by atoms with Crippen molar-refractivity contribution in [3.8, 4) is 5.75 Å². The van der Waals surface area contributed by atoms with Gasteiger partial charge in [-0.3, -0.25) is 4.79 Å². The predicted molar refractivity (Wildman–Crippen MR) is 137 cm³/mol. The van der Waals surface area contributed by atoms with Gasteiger partial charge in [-0.05, 0) is 43.9 Å². The zero-order valence-corrected chi connectivity index (χ0v) is 20.8. The molecule has 0 atom stereocenters. The van der Waals surface area contributed by atoms with Crippen LogP contribution >= 0.6 is 35.6 Å². The molecule has 2 aromatic carbocycles. The van der Waals surface area contributed by atoms with Gasteiger partial charge in [0, 0.05) is 25.2 Å². The first kappa shape index (κ1) is 25.3. The molecular formula is C23H30ClIN4O2. The second-order valence-corrected chi connectivity index (χ2v) is 7.63. The molecule has 0 spiro atoms. The van der Waals surface area contributed by atoms with Crippen molar-refractivity contribution in [1.82, 2.24) is 16.0 Å². The second kappa shape index (κ2) is 13.4. The predicted octanol–water partition coefficient (Wildman–Crippen LogP) is 4.23. The van der Waals surface area contributed by atoms with Crippen LogP contribution in [0.1, 0.15) is 35.7 Å². The molecule has 6 nitrogen and oxygen atoms in total. The van der Waals surface area contributed by atoms with Crippen LogP contribution in [0.25, 0.3) is 0 Å². The molecule has 0 radical (unpaired) electrons. The summed E-state index contributed by atoms with van der Waals surface area (Å²) < 4.78 is 5.96. The molecule has 1 saturated carbocycles. The van der Waals surface area contributed by atoms with Crippen LogP contribution in [0.15, 0.2) is 53.5 Å². The highest BCUT2D eigenvalue weighted by molar-refractivity contribution is 14.0. The highest BCUT2D eigenvalue weighted by Crippen LogP contribution is 2.30. The van der Waals surface area contributed by atoms with Gasteiger partial charge in [-0.25, -0.2) is 4.99 Å². The van der Waals surface area contributed by atoms with E-state index >= 15 is 0 Å². The van der Waals surface area contributed by atoms with Gasteiger partial charge in [-0.1, -0.05) is 41.9 Å². The van der Waals surface area contributed by atoms with E-state index in [2.05, 4.69) is 20.9 Å². The third-order valence-electron chi connectivity index (χ3n) is 4.72. The summed E-state index contributed by atoms with van der Waals surface area (Å²) in [6, 6.07) is 15.0.